The first-order chi connectivity index (χ1) is 9.85. The Balaban J connectivity index is 2.02. The van der Waals surface area contributed by atoms with Crippen molar-refractivity contribution >= 4 is 10.2 Å². The van der Waals surface area contributed by atoms with Crippen molar-refractivity contribution < 1.29 is 17.3 Å². The largest absolute Gasteiger partial charge is 0.338 e. The van der Waals surface area contributed by atoms with Gasteiger partial charge in [0.25, 0.3) is 10.2 Å². The van der Waals surface area contributed by atoms with Gasteiger partial charge in [-0.05, 0) is 38.1 Å². The van der Waals surface area contributed by atoms with Crippen LogP contribution in [0, 0.1) is 5.82 Å². The fourth-order valence-corrected chi connectivity index (χ4v) is 2.57. The Bertz CT molecular complexity index is 698. The van der Waals surface area contributed by atoms with Crippen molar-refractivity contribution in [3.63, 3.8) is 0 Å². The number of nitrogens with zero attached hydrogens (tertiary/aromatic N) is 2. The molecular weight excluding hydrogens is 299 g/mol. The topological polar surface area (TPSA) is 97.1 Å². The van der Waals surface area contributed by atoms with Gasteiger partial charge in [-0.3, -0.25) is 0 Å². The van der Waals surface area contributed by atoms with Gasteiger partial charge in [-0.2, -0.15) is 22.8 Å². The number of nitrogens with one attached hydrogen (secondary N) is 2. The quantitative estimate of drug-likeness (QED) is 0.835. The van der Waals surface area contributed by atoms with Crippen LogP contribution in [0.25, 0.3) is 11.4 Å². The van der Waals surface area contributed by atoms with Crippen molar-refractivity contribution in [3.05, 3.63) is 36.0 Å². The van der Waals surface area contributed by atoms with Gasteiger partial charge in [0.15, 0.2) is 0 Å². The third-order valence-corrected chi connectivity index (χ3v) is 3.68. The molecular formula is C12H15FN4O3S. The molecule has 1 aromatic heterocycles. The standard InChI is InChI=1S/C12H15FN4O3S/c1-8(2)17-21(18,19)14-7-11-15-12(16-20-11)9-3-5-10(13)6-4-9/h3-6,8,14,17H,7H2,1-2H3. The molecule has 0 saturated heterocycles. The van der Waals surface area contributed by atoms with E-state index in [4.69, 9.17) is 4.52 Å². The third-order valence-electron chi connectivity index (χ3n) is 2.37. The molecule has 9 heteroatoms. The zero-order valence-corrected chi connectivity index (χ0v) is 12.3. The van der Waals surface area contributed by atoms with Gasteiger partial charge in [0.1, 0.15) is 5.82 Å². The maximum atomic E-state index is 12.8. The van der Waals surface area contributed by atoms with Crippen LogP contribution in [0.1, 0.15) is 19.7 Å². The monoisotopic (exact) mass is 314 g/mol. The summed E-state index contributed by atoms with van der Waals surface area (Å²) in [5.41, 5.74) is 0.578. The number of hydrogen-bond donors (Lipinski definition) is 2. The van der Waals surface area contributed by atoms with E-state index in [-0.39, 0.29) is 30.1 Å². The van der Waals surface area contributed by atoms with Gasteiger partial charge in [-0.15, -0.1) is 0 Å². The second-order valence-corrected chi connectivity index (χ2v) is 6.15. The lowest BCUT2D eigenvalue weighted by Gasteiger charge is -2.08. The van der Waals surface area contributed by atoms with Crippen LogP contribution in [0.5, 0.6) is 0 Å². The van der Waals surface area contributed by atoms with E-state index in [1.807, 2.05) is 0 Å². The molecule has 2 aromatic rings. The van der Waals surface area contributed by atoms with E-state index in [1.165, 1.54) is 24.3 Å². The molecule has 114 valence electrons. The summed E-state index contributed by atoms with van der Waals surface area (Å²) in [5.74, 6) is 0.0134. The molecule has 21 heavy (non-hydrogen) atoms. The van der Waals surface area contributed by atoms with E-state index < -0.39 is 10.2 Å². The zero-order chi connectivity index (χ0) is 15.5. The van der Waals surface area contributed by atoms with Crippen LogP contribution in [0.15, 0.2) is 28.8 Å². The summed E-state index contributed by atoms with van der Waals surface area (Å²) in [4.78, 5) is 4.04. The second-order valence-electron chi connectivity index (χ2n) is 4.62. The smallest absolute Gasteiger partial charge is 0.277 e. The predicted molar refractivity (Wildman–Crippen MR) is 73.7 cm³/mol. The average molecular weight is 314 g/mol. The van der Waals surface area contributed by atoms with Crippen LogP contribution in [-0.2, 0) is 16.8 Å². The van der Waals surface area contributed by atoms with Crippen LogP contribution in [0.4, 0.5) is 4.39 Å². The number of aromatic nitrogens is 2. The lowest BCUT2D eigenvalue weighted by atomic mass is 10.2. The summed E-state index contributed by atoms with van der Waals surface area (Å²) < 4.78 is 45.6. The highest BCUT2D eigenvalue weighted by Crippen LogP contribution is 2.15. The summed E-state index contributed by atoms with van der Waals surface area (Å²) in [6.07, 6.45) is 0. The highest BCUT2D eigenvalue weighted by Gasteiger charge is 2.14. The minimum absolute atomic E-state index is 0.114. The number of hydrogen-bond acceptors (Lipinski definition) is 5. The SMILES string of the molecule is CC(C)NS(=O)(=O)NCc1nc(-c2ccc(F)cc2)no1. The first kappa shape index (κ1) is 15.5. The Morgan fingerprint density at radius 1 is 1.29 bits per heavy atom. The average Bonchev–Trinajstić information content (AvgIpc) is 2.85. The molecule has 0 aliphatic carbocycles. The van der Waals surface area contributed by atoms with Crippen LogP contribution in [0.3, 0.4) is 0 Å². The van der Waals surface area contributed by atoms with Crippen molar-refractivity contribution in [1.82, 2.24) is 19.6 Å². The first-order valence-corrected chi connectivity index (χ1v) is 7.69. The van der Waals surface area contributed by atoms with Crippen LogP contribution in [0.2, 0.25) is 0 Å². The molecule has 0 atom stereocenters. The molecule has 0 aliphatic heterocycles. The van der Waals surface area contributed by atoms with E-state index in [9.17, 15) is 12.8 Å². The first-order valence-electron chi connectivity index (χ1n) is 6.21. The van der Waals surface area contributed by atoms with Gasteiger partial charge in [-0.25, -0.2) is 4.39 Å². The summed E-state index contributed by atoms with van der Waals surface area (Å²) in [6, 6.07) is 5.35. The van der Waals surface area contributed by atoms with Gasteiger partial charge in [0, 0.05) is 11.6 Å². The number of rotatable bonds is 6. The minimum Gasteiger partial charge on any atom is -0.338 e. The van der Waals surface area contributed by atoms with E-state index in [0.29, 0.717) is 5.56 Å². The zero-order valence-electron chi connectivity index (χ0n) is 11.5. The molecule has 0 saturated carbocycles. The van der Waals surface area contributed by atoms with Crippen molar-refractivity contribution in [3.8, 4) is 11.4 Å². The molecule has 0 radical (unpaired) electrons. The van der Waals surface area contributed by atoms with Gasteiger partial charge in [0.05, 0.1) is 6.54 Å². The van der Waals surface area contributed by atoms with Gasteiger partial charge < -0.3 is 4.52 Å². The molecule has 2 N–H and O–H groups in total. The summed E-state index contributed by atoms with van der Waals surface area (Å²) >= 11 is 0. The summed E-state index contributed by atoms with van der Waals surface area (Å²) in [5, 5.41) is 3.71. The number of halogens is 1. The van der Waals surface area contributed by atoms with E-state index in [0.717, 1.165) is 0 Å². The molecule has 1 aromatic carbocycles. The van der Waals surface area contributed by atoms with Gasteiger partial charge >= 0.3 is 0 Å². The van der Waals surface area contributed by atoms with E-state index in [1.54, 1.807) is 13.8 Å². The molecule has 2 rings (SSSR count). The normalized spacial score (nSPS) is 12.0. The maximum Gasteiger partial charge on any atom is 0.277 e. The highest BCUT2D eigenvalue weighted by atomic mass is 32.2. The molecule has 0 unspecified atom stereocenters. The van der Waals surface area contributed by atoms with Crippen LogP contribution >= 0.6 is 0 Å². The number of benzene rings is 1. The fraction of sp³-hybridized carbons (Fsp3) is 0.333. The van der Waals surface area contributed by atoms with Crippen molar-refractivity contribution in [1.29, 1.82) is 0 Å². The second kappa shape index (κ2) is 6.29. The Hall–Kier alpha value is -1.84. The third kappa shape index (κ3) is 4.59. The Morgan fingerprint density at radius 3 is 2.57 bits per heavy atom. The molecule has 0 spiro atoms. The molecule has 0 fully saturated rings. The molecule has 7 nitrogen and oxygen atoms in total. The van der Waals surface area contributed by atoms with Crippen LogP contribution < -0.4 is 9.44 Å². The molecule has 0 aliphatic rings. The minimum atomic E-state index is -3.62. The van der Waals surface area contributed by atoms with E-state index >= 15 is 0 Å². The Morgan fingerprint density at radius 2 is 1.95 bits per heavy atom. The Labute approximate surface area is 121 Å². The fourth-order valence-electron chi connectivity index (χ4n) is 1.55. The molecule has 0 amide bonds. The lowest BCUT2D eigenvalue weighted by Crippen LogP contribution is -2.39. The molecule has 1 heterocycles. The van der Waals surface area contributed by atoms with Crippen LogP contribution in [-0.4, -0.2) is 24.6 Å². The predicted octanol–water partition coefficient (Wildman–Crippen LogP) is 1.21. The van der Waals surface area contributed by atoms with Crippen molar-refractivity contribution in [2.75, 3.05) is 0 Å². The Kier molecular flexibility index (Phi) is 4.66. The van der Waals surface area contributed by atoms with Gasteiger partial charge in [0.2, 0.25) is 11.7 Å². The highest BCUT2D eigenvalue weighted by molar-refractivity contribution is 7.87. The van der Waals surface area contributed by atoms with Crippen molar-refractivity contribution in [2.45, 2.75) is 26.4 Å². The van der Waals surface area contributed by atoms with Gasteiger partial charge in [-0.1, -0.05) is 5.16 Å². The molecule has 0 bridgehead atoms. The summed E-state index contributed by atoms with van der Waals surface area (Å²) in [7, 11) is -3.62. The lowest BCUT2D eigenvalue weighted by molar-refractivity contribution is 0.375. The van der Waals surface area contributed by atoms with E-state index in [2.05, 4.69) is 19.6 Å². The van der Waals surface area contributed by atoms with Crippen molar-refractivity contribution in [2.24, 2.45) is 0 Å². The maximum absolute atomic E-state index is 12.8. The summed E-state index contributed by atoms with van der Waals surface area (Å²) in [6.45, 7) is 3.29.